The maximum absolute atomic E-state index is 6.12. The molecular formula is C15H24N2O2. The lowest BCUT2D eigenvalue weighted by Gasteiger charge is -2.32. The molecule has 0 aromatic heterocycles. The number of likely N-dealkylation sites (N-methyl/N-ethyl adjacent to an activating group) is 1. The summed E-state index contributed by atoms with van der Waals surface area (Å²) in [7, 11) is 3.79. The van der Waals surface area contributed by atoms with Crippen LogP contribution in [0.15, 0.2) is 18.2 Å². The number of nitrogens with two attached hydrogens (primary N) is 1. The van der Waals surface area contributed by atoms with Gasteiger partial charge in [-0.2, -0.15) is 0 Å². The number of ether oxygens (including phenoxy) is 2. The first-order valence-electron chi connectivity index (χ1n) is 6.83. The Morgan fingerprint density at radius 3 is 2.74 bits per heavy atom. The molecule has 19 heavy (non-hydrogen) atoms. The van der Waals surface area contributed by atoms with E-state index in [-0.39, 0.29) is 12.1 Å². The molecule has 1 aliphatic rings. The first kappa shape index (κ1) is 14.2. The number of benzene rings is 1. The van der Waals surface area contributed by atoms with Crippen molar-refractivity contribution in [1.82, 2.24) is 0 Å². The lowest BCUT2D eigenvalue weighted by molar-refractivity contribution is 0.118. The molecule has 1 aliphatic heterocycles. The van der Waals surface area contributed by atoms with Crippen LogP contribution in [0.1, 0.15) is 31.9 Å². The van der Waals surface area contributed by atoms with Gasteiger partial charge in [-0.25, -0.2) is 0 Å². The van der Waals surface area contributed by atoms with Crippen LogP contribution in [-0.2, 0) is 4.74 Å². The fraction of sp³-hybridized carbons (Fsp3) is 0.600. The van der Waals surface area contributed by atoms with E-state index in [0.717, 1.165) is 30.0 Å². The van der Waals surface area contributed by atoms with Gasteiger partial charge in [-0.1, -0.05) is 6.07 Å². The van der Waals surface area contributed by atoms with Crippen molar-refractivity contribution in [2.75, 3.05) is 25.7 Å². The Kier molecular flexibility index (Phi) is 4.32. The van der Waals surface area contributed by atoms with E-state index in [4.69, 9.17) is 15.2 Å². The highest BCUT2D eigenvalue weighted by Crippen LogP contribution is 2.35. The molecule has 2 unspecified atom stereocenters. The summed E-state index contributed by atoms with van der Waals surface area (Å²) in [5.74, 6) is 0.853. The highest BCUT2D eigenvalue weighted by atomic mass is 16.5. The molecule has 4 nitrogen and oxygen atoms in total. The minimum absolute atomic E-state index is 0.0637. The first-order chi connectivity index (χ1) is 9.06. The Morgan fingerprint density at radius 1 is 1.47 bits per heavy atom. The number of hydrogen-bond acceptors (Lipinski definition) is 4. The topological polar surface area (TPSA) is 47.7 Å². The van der Waals surface area contributed by atoms with E-state index in [0.29, 0.717) is 6.04 Å². The lowest BCUT2D eigenvalue weighted by atomic mass is 10.0. The summed E-state index contributed by atoms with van der Waals surface area (Å²) in [4.78, 5) is 2.28. The summed E-state index contributed by atoms with van der Waals surface area (Å²) in [5.41, 5.74) is 8.32. The van der Waals surface area contributed by atoms with Crippen molar-refractivity contribution in [2.45, 2.75) is 38.5 Å². The average Bonchev–Trinajstić information content (AvgIpc) is 2.83. The smallest absolute Gasteiger partial charge is 0.125 e. The van der Waals surface area contributed by atoms with E-state index >= 15 is 0 Å². The summed E-state index contributed by atoms with van der Waals surface area (Å²) in [6, 6.07) is 6.41. The Labute approximate surface area is 115 Å². The van der Waals surface area contributed by atoms with Gasteiger partial charge in [0.15, 0.2) is 0 Å². The van der Waals surface area contributed by atoms with Crippen molar-refractivity contribution in [3.8, 4) is 5.75 Å². The van der Waals surface area contributed by atoms with E-state index in [1.165, 1.54) is 0 Å². The van der Waals surface area contributed by atoms with E-state index in [1.807, 2.05) is 19.1 Å². The van der Waals surface area contributed by atoms with Crippen LogP contribution in [0.2, 0.25) is 0 Å². The third-order valence-corrected chi connectivity index (χ3v) is 3.93. The van der Waals surface area contributed by atoms with Gasteiger partial charge < -0.3 is 20.1 Å². The molecule has 1 saturated heterocycles. The second kappa shape index (κ2) is 5.80. The second-order valence-corrected chi connectivity index (χ2v) is 5.22. The molecule has 3 atom stereocenters. The molecule has 2 rings (SSSR count). The van der Waals surface area contributed by atoms with Crippen LogP contribution in [0, 0.1) is 0 Å². The molecule has 1 heterocycles. The number of rotatable bonds is 4. The van der Waals surface area contributed by atoms with Gasteiger partial charge in [-0.15, -0.1) is 0 Å². The number of hydrogen-bond donors (Lipinski definition) is 1. The number of anilines is 1. The van der Waals surface area contributed by atoms with Crippen LogP contribution in [0.4, 0.5) is 5.69 Å². The molecule has 0 bridgehead atoms. The van der Waals surface area contributed by atoms with Gasteiger partial charge in [-0.3, -0.25) is 0 Å². The van der Waals surface area contributed by atoms with Gasteiger partial charge in [0.05, 0.1) is 19.3 Å². The zero-order chi connectivity index (χ0) is 14.0. The van der Waals surface area contributed by atoms with Gasteiger partial charge in [0, 0.05) is 30.9 Å². The van der Waals surface area contributed by atoms with E-state index in [2.05, 4.69) is 24.9 Å². The summed E-state index contributed by atoms with van der Waals surface area (Å²) < 4.78 is 11.1. The average molecular weight is 264 g/mol. The fourth-order valence-electron chi connectivity index (χ4n) is 2.88. The highest BCUT2D eigenvalue weighted by Gasteiger charge is 2.30. The van der Waals surface area contributed by atoms with Crippen molar-refractivity contribution < 1.29 is 9.47 Å². The lowest BCUT2D eigenvalue weighted by Crippen LogP contribution is -2.37. The largest absolute Gasteiger partial charge is 0.496 e. The summed E-state index contributed by atoms with van der Waals surface area (Å²) in [5, 5.41) is 0. The van der Waals surface area contributed by atoms with Gasteiger partial charge >= 0.3 is 0 Å². The van der Waals surface area contributed by atoms with E-state index in [9.17, 15) is 0 Å². The predicted octanol–water partition coefficient (Wildman–Crippen LogP) is 2.33. The second-order valence-electron chi connectivity index (χ2n) is 5.22. The molecule has 0 aliphatic carbocycles. The van der Waals surface area contributed by atoms with Gasteiger partial charge in [0.1, 0.15) is 5.75 Å². The number of nitrogens with zero attached hydrogens (tertiary/aromatic N) is 1. The maximum atomic E-state index is 6.12. The number of methoxy groups -OCH3 is 1. The minimum Gasteiger partial charge on any atom is -0.496 e. The van der Waals surface area contributed by atoms with Crippen LogP contribution in [0.5, 0.6) is 5.75 Å². The van der Waals surface area contributed by atoms with Crippen LogP contribution < -0.4 is 15.4 Å². The SMILES string of the molecule is COc1cccc(N(C)C2CCOC2C)c1[C@H](C)N. The molecule has 0 saturated carbocycles. The van der Waals surface area contributed by atoms with Crippen molar-refractivity contribution in [3.05, 3.63) is 23.8 Å². The summed E-state index contributed by atoms with van der Waals surface area (Å²) >= 11 is 0. The summed E-state index contributed by atoms with van der Waals surface area (Å²) in [6.45, 7) is 4.94. The molecule has 1 aromatic carbocycles. The highest BCUT2D eigenvalue weighted by molar-refractivity contribution is 5.61. The van der Waals surface area contributed by atoms with Crippen molar-refractivity contribution in [1.29, 1.82) is 0 Å². The van der Waals surface area contributed by atoms with Crippen LogP contribution in [0.25, 0.3) is 0 Å². The van der Waals surface area contributed by atoms with Crippen molar-refractivity contribution in [2.24, 2.45) is 5.73 Å². The Hall–Kier alpha value is -1.26. The fourth-order valence-corrected chi connectivity index (χ4v) is 2.88. The maximum Gasteiger partial charge on any atom is 0.125 e. The third kappa shape index (κ3) is 2.69. The first-order valence-corrected chi connectivity index (χ1v) is 6.83. The molecule has 2 N–H and O–H groups in total. The Balaban J connectivity index is 2.38. The normalized spacial score (nSPS) is 24.3. The Bertz CT molecular complexity index is 434. The van der Waals surface area contributed by atoms with Crippen molar-refractivity contribution >= 4 is 5.69 Å². The van der Waals surface area contributed by atoms with Gasteiger partial charge in [0.25, 0.3) is 0 Å². The van der Waals surface area contributed by atoms with Crippen LogP contribution in [0.3, 0.4) is 0 Å². The molecule has 106 valence electrons. The van der Waals surface area contributed by atoms with Crippen molar-refractivity contribution in [3.63, 3.8) is 0 Å². The zero-order valence-electron chi connectivity index (χ0n) is 12.2. The molecule has 0 amide bonds. The monoisotopic (exact) mass is 264 g/mol. The quantitative estimate of drug-likeness (QED) is 0.906. The predicted molar refractivity (Wildman–Crippen MR) is 77.8 cm³/mol. The van der Waals surface area contributed by atoms with Gasteiger partial charge in [0.2, 0.25) is 0 Å². The molecule has 4 heteroatoms. The molecule has 1 fully saturated rings. The minimum atomic E-state index is -0.0637. The van der Waals surface area contributed by atoms with Gasteiger partial charge in [-0.05, 0) is 32.4 Å². The third-order valence-electron chi connectivity index (χ3n) is 3.93. The molecular weight excluding hydrogens is 240 g/mol. The molecule has 0 spiro atoms. The van der Waals surface area contributed by atoms with E-state index < -0.39 is 0 Å². The van der Waals surface area contributed by atoms with E-state index in [1.54, 1.807) is 7.11 Å². The summed E-state index contributed by atoms with van der Waals surface area (Å²) in [6.07, 6.45) is 1.30. The zero-order valence-corrected chi connectivity index (χ0v) is 12.2. The standard InChI is InChI=1S/C15H24N2O2/c1-10(16)15-13(6-5-7-14(15)18-4)17(3)12-8-9-19-11(12)2/h5-7,10-12H,8-9,16H2,1-4H3/t10-,11?,12?/m0/s1. The van der Waals surface area contributed by atoms with Crippen LogP contribution in [-0.4, -0.2) is 32.9 Å². The molecule has 1 aromatic rings. The molecule has 0 radical (unpaired) electrons. The Morgan fingerprint density at radius 2 is 2.21 bits per heavy atom. The van der Waals surface area contributed by atoms with Crippen LogP contribution >= 0.6 is 0 Å².